The molecule has 1 aliphatic rings. The molecule has 9 heteroatoms. The summed E-state index contributed by atoms with van der Waals surface area (Å²) in [5, 5.41) is 11.7. The standard InChI is InChI=1S/C27H35FN2O6/c1-17(2)14-30(26(33)36-27(3,4)5)15-19-11-20-21(35-19)12-22(25(24(20)28)29-13-23(31)32)34-16-18-9-7-6-8-10-18/h6-10,12,17,19,29H,11,13-16H2,1-5H3,(H,31,32). The van der Waals surface area contributed by atoms with Crippen LogP contribution in [0.4, 0.5) is 14.9 Å². The molecule has 8 nitrogen and oxygen atoms in total. The maximum absolute atomic E-state index is 15.6. The van der Waals surface area contributed by atoms with Gasteiger partial charge in [-0.3, -0.25) is 4.79 Å². The van der Waals surface area contributed by atoms with Crippen LogP contribution in [0, 0.1) is 11.7 Å². The van der Waals surface area contributed by atoms with Crippen LogP contribution < -0.4 is 14.8 Å². The Morgan fingerprint density at radius 3 is 2.56 bits per heavy atom. The lowest BCUT2D eigenvalue weighted by molar-refractivity contribution is -0.134. The summed E-state index contributed by atoms with van der Waals surface area (Å²) in [7, 11) is 0. The van der Waals surface area contributed by atoms with Gasteiger partial charge in [0.2, 0.25) is 0 Å². The first kappa shape index (κ1) is 27.1. The van der Waals surface area contributed by atoms with E-state index in [1.807, 2.05) is 44.2 Å². The molecule has 0 radical (unpaired) electrons. The Balaban J connectivity index is 1.82. The smallest absolute Gasteiger partial charge is 0.410 e. The van der Waals surface area contributed by atoms with E-state index >= 15 is 4.39 Å². The third-order valence-electron chi connectivity index (χ3n) is 5.33. The van der Waals surface area contributed by atoms with Crippen LogP contribution in [-0.2, 0) is 22.6 Å². The van der Waals surface area contributed by atoms with E-state index in [-0.39, 0.29) is 36.9 Å². The van der Waals surface area contributed by atoms with Crippen LogP contribution in [0.25, 0.3) is 0 Å². The summed E-state index contributed by atoms with van der Waals surface area (Å²) >= 11 is 0. The van der Waals surface area contributed by atoms with Crippen molar-refractivity contribution in [3.63, 3.8) is 0 Å². The Kier molecular flexibility index (Phi) is 8.66. The average Bonchev–Trinajstić information content (AvgIpc) is 3.18. The number of aliphatic carboxylic acids is 1. The van der Waals surface area contributed by atoms with Crippen LogP contribution in [0.15, 0.2) is 36.4 Å². The molecule has 1 heterocycles. The molecular weight excluding hydrogens is 467 g/mol. The molecule has 1 unspecified atom stereocenters. The molecule has 2 aromatic carbocycles. The lowest BCUT2D eigenvalue weighted by Gasteiger charge is -2.30. The zero-order valence-electron chi connectivity index (χ0n) is 21.5. The van der Waals surface area contributed by atoms with E-state index in [4.69, 9.17) is 19.3 Å². The normalized spacial score (nSPS) is 14.7. The van der Waals surface area contributed by atoms with Gasteiger partial charge in [0.1, 0.15) is 42.0 Å². The number of carbonyl (C=O) groups is 2. The molecule has 36 heavy (non-hydrogen) atoms. The summed E-state index contributed by atoms with van der Waals surface area (Å²) in [6.07, 6.45) is -0.719. The number of nitrogens with zero attached hydrogens (tertiary/aromatic N) is 1. The fourth-order valence-corrected chi connectivity index (χ4v) is 3.91. The SMILES string of the molecule is CC(C)CN(CC1Cc2c(cc(OCc3ccccc3)c(NCC(=O)O)c2F)O1)C(=O)OC(C)(C)C. The first-order valence-corrected chi connectivity index (χ1v) is 12.0. The summed E-state index contributed by atoms with van der Waals surface area (Å²) in [6.45, 7) is 9.79. The lowest BCUT2D eigenvalue weighted by Crippen LogP contribution is -2.43. The van der Waals surface area contributed by atoms with Gasteiger partial charge in [-0.25, -0.2) is 9.18 Å². The largest absolute Gasteiger partial charge is 0.488 e. The van der Waals surface area contributed by atoms with E-state index in [0.717, 1.165) is 5.56 Å². The maximum Gasteiger partial charge on any atom is 0.410 e. The number of halogens is 1. The molecule has 1 atom stereocenters. The number of carboxylic acid groups (broad SMARTS) is 1. The third kappa shape index (κ3) is 7.50. The van der Waals surface area contributed by atoms with Crippen LogP contribution in [0.1, 0.15) is 45.7 Å². The predicted octanol–water partition coefficient (Wildman–Crippen LogP) is 5.10. The molecule has 196 valence electrons. The summed E-state index contributed by atoms with van der Waals surface area (Å²) in [6, 6.07) is 10.9. The highest BCUT2D eigenvalue weighted by Crippen LogP contribution is 2.41. The molecule has 2 N–H and O–H groups in total. The van der Waals surface area contributed by atoms with Gasteiger partial charge in [0.05, 0.1) is 6.54 Å². The summed E-state index contributed by atoms with van der Waals surface area (Å²) < 4.78 is 33.0. The minimum Gasteiger partial charge on any atom is -0.488 e. The topological polar surface area (TPSA) is 97.3 Å². The first-order chi connectivity index (χ1) is 16.9. The molecule has 0 aliphatic carbocycles. The van der Waals surface area contributed by atoms with Gasteiger partial charge >= 0.3 is 12.1 Å². The third-order valence-corrected chi connectivity index (χ3v) is 5.33. The Hall–Kier alpha value is -3.49. The second-order valence-corrected chi connectivity index (χ2v) is 10.3. The number of carbonyl (C=O) groups excluding carboxylic acids is 1. The molecule has 3 rings (SSSR count). The molecule has 0 saturated heterocycles. The van der Waals surface area contributed by atoms with Crippen LogP contribution in [0.5, 0.6) is 11.5 Å². The van der Waals surface area contributed by atoms with Gasteiger partial charge in [-0.1, -0.05) is 44.2 Å². The number of fused-ring (bicyclic) bond motifs is 1. The van der Waals surface area contributed by atoms with E-state index in [9.17, 15) is 9.59 Å². The van der Waals surface area contributed by atoms with Gasteiger partial charge < -0.3 is 29.5 Å². The second kappa shape index (κ2) is 11.5. The summed E-state index contributed by atoms with van der Waals surface area (Å²) in [5.41, 5.74) is 0.521. The highest BCUT2D eigenvalue weighted by molar-refractivity contribution is 5.75. The zero-order chi connectivity index (χ0) is 26.5. The maximum atomic E-state index is 15.6. The Labute approximate surface area is 211 Å². The van der Waals surface area contributed by atoms with Crippen molar-refractivity contribution < 1.29 is 33.3 Å². The van der Waals surface area contributed by atoms with Crippen LogP contribution in [0.2, 0.25) is 0 Å². The number of rotatable bonds is 10. The quantitative estimate of drug-likeness (QED) is 0.467. The number of benzene rings is 2. The van der Waals surface area contributed by atoms with Crippen molar-refractivity contribution in [1.29, 1.82) is 0 Å². The predicted molar refractivity (Wildman–Crippen MR) is 134 cm³/mol. The molecular formula is C27H35FN2O6. The second-order valence-electron chi connectivity index (χ2n) is 10.3. The minimum atomic E-state index is -1.13. The minimum absolute atomic E-state index is 0.0255. The van der Waals surface area contributed by atoms with E-state index < -0.39 is 36.1 Å². The van der Waals surface area contributed by atoms with Crippen molar-refractivity contribution in [1.82, 2.24) is 4.90 Å². The molecule has 0 spiro atoms. The van der Waals surface area contributed by atoms with Crippen molar-refractivity contribution in [2.45, 2.75) is 59.4 Å². The van der Waals surface area contributed by atoms with Gasteiger partial charge in [0, 0.05) is 24.6 Å². The molecule has 1 amide bonds. The average molecular weight is 503 g/mol. The number of hydrogen-bond donors (Lipinski definition) is 2. The van der Waals surface area contributed by atoms with Gasteiger partial charge in [-0.05, 0) is 32.3 Å². The van der Waals surface area contributed by atoms with Gasteiger partial charge in [0.15, 0.2) is 5.82 Å². The first-order valence-electron chi connectivity index (χ1n) is 12.0. The number of anilines is 1. The molecule has 2 aromatic rings. The van der Waals surface area contributed by atoms with Crippen molar-refractivity contribution in [2.24, 2.45) is 5.92 Å². The van der Waals surface area contributed by atoms with E-state index in [1.54, 1.807) is 31.7 Å². The van der Waals surface area contributed by atoms with E-state index in [2.05, 4.69) is 5.32 Å². The number of hydrogen-bond acceptors (Lipinski definition) is 6. The van der Waals surface area contributed by atoms with Crippen LogP contribution >= 0.6 is 0 Å². The number of ether oxygens (including phenoxy) is 3. The van der Waals surface area contributed by atoms with Crippen LogP contribution in [-0.4, -0.2) is 53.4 Å². The van der Waals surface area contributed by atoms with Crippen molar-refractivity contribution >= 4 is 17.7 Å². The van der Waals surface area contributed by atoms with E-state index in [0.29, 0.717) is 17.9 Å². The summed E-state index contributed by atoms with van der Waals surface area (Å²) in [4.78, 5) is 25.5. The monoisotopic (exact) mass is 502 g/mol. The fourth-order valence-electron chi connectivity index (χ4n) is 3.91. The fraction of sp³-hybridized carbons (Fsp3) is 0.481. The lowest BCUT2D eigenvalue weighted by atomic mass is 10.1. The molecule has 0 fully saturated rings. The van der Waals surface area contributed by atoms with Crippen molar-refractivity contribution in [2.75, 3.05) is 25.0 Å². The zero-order valence-corrected chi connectivity index (χ0v) is 21.5. The Morgan fingerprint density at radius 1 is 1.25 bits per heavy atom. The van der Waals surface area contributed by atoms with Gasteiger partial charge in [-0.2, -0.15) is 0 Å². The molecule has 0 aromatic heterocycles. The highest BCUT2D eigenvalue weighted by Gasteiger charge is 2.33. The van der Waals surface area contributed by atoms with Crippen molar-refractivity contribution in [3.8, 4) is 11.5 Å². The Morgan fingerprint density at radius 2 is 1.94 bits per heavy atom. The number of amides is 1. The number of carboxylic acids is 1. The Bertz CT molecular complexity index is 1070. The van der Waals surface area contributed by atoms with Crippen molar-refractivity contribution in [3.05, 3.63) is 53.3 Å². The van der Waals surface area contributed by atoms with E-state index in [1.165, 1.54) is 0 Å². The number of nitrogens with one attached hydrogen (secondary N) is 1. The molecule has 1 aliphatic heterocycles. The van der Waals surface area contributed by atoms with Gasteiger partial charge in [-0.15, -0.1) is 0 Å². The highest BCUT2D eigenvalue weighted by atomic mass is 19.1. The molecule has 0 saturated carbocycles. The molecule has 0 bridgehead atoms. The summed E-state index contributed by atoms with van der Waals surface area (Å²) in [5.74, 6) is -1.08. The van der Waals surface area contributed by atoms with Crippen LogP contribution in [0.3, 0.4) is 0 Å². The van der Waals surface area contributed by atoms with Gasteiger partial charge in [0.25, 0.3) is 0 Å².